The van der Waals surface area contributed by atoms with Gasteiger partial charge in [0.2, 0.25) is 0 Å². The number of rotatable bonds is 6. The summed E-state index contributed by atoms with van der Waals surface area (Å²) >= 11 is 1.69. The van der Waals surface area contributed by atoms with Gasteiger partial charge in [-0.1, -0.05) is 43.3 Å². The molecule has 0 radical (unpaired) electrons. The Balaban J connectivity index is 1.83. The van der Waals surface area contributed by atoms with Gasteiger partial charge in [0.15, 0.2) is 0 Å². The van der Waals surface area contributed by atoms with Crippen molar-refractivity contribution in [1.82, 2.24) is 10.6 Å². The van der Waals surface area contributed by atoms with Crippen LogP contribution in [0.2, 0.25) is 0 Å². The quantitative estimate of drug-likeness (QED) is 0.768. The van der Waals surface area contributed by atoms with Crippen LogP contribution in [0, 0.1) is 0 Å². The smallest absolute Gasteiger partial charge is 0.315 e. The molecule has 4 nitrogen and oxygen atoms in total. The lowest BCUT2D eigenvalue weighted by Crippen LogP contribution is -2.40. The number of aliphatic hydroxyl groups is 1. The Labute approximate surface area is 128 Å². The molecule has 21 heavy (non-hydrogen) atoms. The molecule has 3 N–H and O–H groups in total. The number of hydrogen-bond acceptors (Lipinski definition) is 3. The predicted molar refractivity (Wildman–Crippen MR) is 85.5 cm³/mol. The van der Waals surface area contributed by atoms with E-state index in [1.807, 2.05) is 41.8 Å². The monoisotopic (exact) mass is 304 g/mol. The van der Waals surface area contributed by atoms with Crippen molar-refractivity contribution in [2.24, 2.45) is 0 Å². The van der Waals surface area contributed by atoms with Crippen molar-refractivity contribution >= 4 is 17.4 Å². The Morgan fingerprint density at radius 2 is 2.00 bits per heavy atom. The molecule has 2 atom stereocenters. The Hall–Kier alpha value is -1.85. The number of carbonyl (C=O) groups is 1. The lowest BCUT2D eigenvalue weighted by molar-refractivity contribution is 0.216. The van der Waals surface area contributed by atoms with Gasteiger partial charge in [0.25, 0.3) is 0 Å². The van der Waals surface area contributed by atoms with Gasteiger partial charge >= 0.3 is 6.03 Å². The maximum atomic E-state index is 11.9. The molecular formula is C16H20N2O2S. The number of aliphatic hydroxyl groups excluding tert-OH is 1. The Bertz CT molecular complexity index is 543. The number of carbonyl (C=O) groups excluding carboxylic acids is 1. The van der Waals surface area contributed by atoms with Gasteiger partial charge in [-0.2, -0.15) is 0 Å². The summed E-state index contributed by atoms with van der Waals surface area (Å²) in [5.74, 6) is 0.278. The zero-order valence-corrected chi connectivity index (χ0v) is 12.8. The summed E-state index contributed by atoms with van der Waals surface area (Å²) in [7, 11) is 0. The van der Waals surface area contributed by atoms with Gasteiger partial charge in [-0.3, -0.25) is 0 Å². The molecule has 1 heterocycles. The minimum atomic E-state index is -0.386. The molecule has 0 aliphatic carbocycles. The first-order chi connectivity index (χ1) is 10.2. The van der Waals surface area contributed by atoms with E-state index in [1.54, 1.807) is 11.3 Å². The van der Waals surface area contributed by atoms with E-state index in [-0.39, 0.29) is 24.6 Å². The van der Waals surface area contributed by atoms with Crippen LogP contribution >= 0.6 is 11.3 Å². The van der Waals surface area contributed by atoms with Crippen molar-refractivity contribution in [2.75, 3.05) is 13.2 Å². The average Bonchev–Trinajstić information content (AvgIpc) is 3.05. The molecule has 0 aliphatic heterocycles. The van der Waals surface area contributed by atoms with E-state index in [4.69, 9.17) is 0 Å². The second-order valence-electron chi connectivity index (χ2n) is 4.92. The highest BCUT2D eigenvalue weighted by Gasteiger charge is 2.14. The van der Waals surface area contributed by atoms with Crippen molar-refractivity contribution in [3.05, 3.63) is 58.3 Å². The molecule has 1 unspecified atom stereocenters. The summed E-state index contributed by atoms with van der Waals surface area (Å²) in [4.78, 5) is 13.2. The summed E-state index contributed by atoms with van der Waals surface area (Å²) < 4.78 is 0. The van der Waals surface area contributed by atoms with Crippen molar-refractivity contribution in [1.29, 1.82) is 0 Å². The van der Waals surface area contributed by atoms with Crippen LogP contribution in [-0.4, -0.2) is 24.3 Å². The SMILES string of the molecule is CC(CNC(=O)N[C@H](CO)c1ccccc1)c1cccs1. The van der Waals surface area contributed by atoms with Crippen LogP contribution in [0.3, 0.4) is 0 Å². The van der Waals surface area contributed by atoms with E-state index in [0.717, 1.165) is 5.56 Å². The highest BCUT2D eigenvalue weighted by atomic mass is 32.1. The maximum absolute atomic E-state index is 11.9. The summed E-state index contributed by atoms with van der Waals surface area (Å²) in [6.07, 6.45) is 0. The number of benzene rings is 1. The van der Waals surface area contributed by atoms with Gasteiger partial charge in [-0.05, 0) is 17.0 Å². The molecule has 0 fully saturated rings. The van der Waals surface area contributed by atoms with Crippen molar-refractivity contribution < 1.29 is 9.90 Å². The number of thiophene rings is 1. The van der Waals surface area contributed by atoms with Crippen LogP contribution in [0.4, 0.5) is 4.79 Å². The first-order valence-electron chi connectivity index (χ1n) is 6.94. The van der Waals surface area contributed by atoms with Crippen LogP contribution < -0.4 is 10.6 Å². The van der Waals surface area contributed by atoms with Gasteiger partial charge < -0.3 is 15.7 Å². The Morgan fingerprint density at radius 3 is 2.62 bits per heavy atom. The van der Waals surface area contributed by atoms with Crippen LogP contribution in [0.25, 0.3) is 0 Å². The zero-order valence-electron chi connectivity index (χ0n) is 12.0. The van der Waals surface area contributed by atoms with E-state index in [9.17, 15) is 9.90 Å². The van der Waals surface area contributed by atoms with E-state index >= 15 is 0 Å². The lowest BCUT2D eigenvalue weighted by Gasteiger charge is -2.18. The molecule has 1 aromatic heterocycles. The first kappa shape index (κ1) is 15.5. The molecule has 0 bridgehead atoms. The summed E-state index contributed by atoms with van der Waals surface area (Å²) in [5.41, 5.74) is 0.890. The highest BCUT2D eigenvalue weighted by molar-refractivity contribution is 7.10. The standard InChI is InChI=1S/C16H20N2O2S/c1-12(15-8-5-9-21-15)10-17-16(20)18-14(11-19)13-6-3-2-4-7-13/h2-9,12,14,19H,10-11H2,1H3,(H2,17,18,20)/t12?,14-/m1/s1. The molecule has 0 aliphatic rings. The van der Waals surface area contributed by atoms with Gasteiger partial charge in [0, 0.05) is 17.3 Å². The molecule has 0 spiro atoms. The molecule has 1 aromatic carbocycles. The molecule has 2 rings (SSSR count). The predicted octanol–water partition coefficient (Wildman–Crippen LogP) is 2.88. The summed E-state index contributed by atoms with van der Waals surface area (Å²) in [6, 6.07) is 12.9. The number of urea groups is 1. The van der Waals surface area contributed by atoms with Crippen molar-refractivity contribution in [3.63, 3.8) is 0 Å². The van der Waals surface area contributed by atoms with Crippen LogP contribution in [-0.2, 0) is 0 Å². The molecule has 0 saturated heterocycles. The van der Waals surface area contributed by atoms with E-state index in [2.05, 4.69) is 23.6 Å². The highest BCUT2D eigenvalue weighted by Crippen LogP contribution is 2.19. The second kappa shape index (κ2) is 7.81. The lowest BCUT2D eigenvalue weighted by atomic mass is 10.1. The number of hydrogen-bond donors (Lipinski definition) is 3. The zero-order chi connectivity index (χ0) is 15.1. The van der Waals surface area contributed by atoms with E-state index < -0.39 is 0 Å². The minimum Gasteiger partial charge on any atom is -0.394 e. The largest absolute Gasteiger partial charge is 0.394 e. The Kier molecular flexibility index (Phi) is 5.78. The molecule has 0 saturated carbocycles. The first-order valence-corrected chi connectivity index (χ1v) is 7.82. The third-order valence-electron chi connectivity index (χ3n) is 3.29. The van der Waals surface area contributed by atoms with Crippen LogP contribution in [0.1, 0.15) is 29.3 Å². The molecule has 2 aromatic rings. The number of amides is 2. The van der Waals surface area contributed by atoms with E-state index in [1.165, 1.54) is 4.88 Å². The van der Waals surface area contributed by atoms with Gasteiger partial charge in [0.1, 0.15) is 0 Å². The molecule has 112 valence electrons. The molecule has 5 heteroatoms. The van der Waals surface area contributed by atoms with E-state index in [0.29, 0.717) is 6.54 Å². The normalized spacial score (nSPS) is 13.4. The third kappa shape index (κ3) is 4.58. The topological polar surface area (TPSA) is 61.4 Å². The minimum absolute atomic E-state index is 0.127. The van der Waals surface area contributed by atoms with Crippen molar-refractivity contribution in [2.45, 2.75) is 18.9 Å². The summed E-state index contributed by atoms with van der Waals surface area (Å²) in [6.45, 7) is 2.52. The molecular weight excluding hydrogens is 284 g/mol. The van der Waals surface area contributed by atoms with Crippen molar-refractivity contribution in [3.8, 4) is 0 Å². The fourth-order valence-electron chi connectivity index (χ4n) is 2.05. The summed E-state index contributed by atoms with van der Waals surface area (Å²) in [5, 5.41) is 17.1. The molecule has 2 amide bonds. The Morgan fingerprint density at radius 1 is 1.24 bits per heavy atom. The number of nitrogens with one attached hydrogen (secondary N) is 2. The van der Waals surface area contributed by atoms with Gasteiger partial charge in [-0.25, -0.2) is 4.79 Å². The fraction of sp³-hybridized carbons (Fsp3) is 0.312. The van der Waals surface area contributed by atoms with Crippen LogP contribution in [0.15, 0.2) is 47.8 Å². The second-order valence-corrected chi connectivity index (χ2v) is 5.90. The maximum Gasteiger partial charge on any atom is 0.315 e. The third-order valence-corrected chi connectivity index (χ3v) is 4.39. The van der Waals surface area contributed by atoms with Crippen LogP contribution in [0.5, 0.6) is 0 Å². The fourth-order valence-corrected chi connectivity index (χ4v) is 2.83. The van der Waals surface area contributed by atoms with Gasteiger partial charge in [-0.15, -0.1) is 11.3 Å². The van der Waals surface area contributed by atoms with Gasteiger partial charge in [0.05, 0.1) is 12.6 Å². The average molecular weight is 304 g/mol.